The summed E-state index contributed by atoms with van der Waals surface area (Å²) in [6, 6.07) is 11.2. The van der Waals surface area contributed by atoms with Crippen LogP contribution in [0.4, 0.5) is 5.69 Å². The van der Waals surface area contributed by atoms with Gasteiger partial charge in [0, 0.05) is 35.9 Å². The molecule has 1 aliphatic heterocycles. The van der Waals surface area contributed by atoms with Crippen LogP contribution >= 0.6 is 11.6 Å². The van der Waals surface area contributed by atoms with E-state index < -0.39 is 5.97 Å². The van der Waals surface area contributed by atoms with Crippen LogP contribution in [0.2, 0.25) is 5.02 Å². The molecular weight excluding hydrogens is 356 g/mol. The Labute approximate surface area is 156 Å². The number of nitrogens with one attached hydrogen (secondary N) is 1. The van der Waals surface area contributed by atoms with Crippen LogP contribution in [0.5, 0.6) is 0 Å². The molecule has 0 aromatic heterocycles. The van der Waals surface area contributed by atoms with E-state index in [-0.39, 0.29) is 11.5 Å². The van der Waals surface area contributed by atoms with Gasteiger partial charge in [0.2, 0.25) is 0 Å². The molecule has 0 atom stereocenters. The molecule has 26 heavy (non-hydrogen) atoms. The fraction of sp³-hybridized carbons (Fsp3) is 0.263. The maximum atomic E-state index is 12.3. The van der Waals surface area contributed by atoms with Gasteiger partial charge in [-0.05, 0) is 42.0 Å². The van der Waals surface area contributed by atoms with E-state index >= 15 is 0 Å². The van der Waals surface area contributed by atoms with E-state index in [9.17, 15) is 9.59 Å². The number of anilines is 1. The summed E-state index contributed by atoms with van der Waals surface area (Å²) in [5, 5.41) is 12.3. The quantitative estimate of drug-likeness (QED) is 0.840. The molecule has 3 rings (SSSR count). The Bertz CT molecular complexity index is 802. The molecular formula is C19H19ClN2O4. The summed E-state index contributed by atoms with van der Waals surface area (Å²) in [6.45, 7) is 3.95. The van der Waals surface area contributed by atoms with Gasteiger partial charge < -0.3 is 15.2 Å². The zero-order valence-corrected chi connectivity index (χ0v) is 14.8. The summed E-state index contributed by atoms with van der Waals surface area (Å²) < 4.78 is 5.34. The minimum absolute atomic E-state index is 0.136. The molecule has 0 spiro atoms. The Balaban J connectivity index is 1.64. The number of halogens is 1. The molecule has 0 saturated carbocycles. The molecule has 136 valence electrons. The van der Waals surface area contributed by atoms with Crippen molar-refractivity contribution in [3.8, 4) is 0 Å². The smallest absolute Gasteiger partial charge is 0.335 e. The Morgan fingerprint density at radius 1 is 1.08 bits per heavy atom. The fourth-order valence-electron chi connectivity index (χ4n) is 2.72. The van der Waals surface area contributed by atoms with E-state index in [1.54, 1.807) is 6.07 Å². The zero-order valence-electron chi connectivity index (χ0n) is 14.1. The zero-order chi connectivity index (χ0) is 18.5. The highest BCUT2D eigenvalue weighted by Gasteiger charge is 2.14. The van der Waals surface area contributed by atoms with Gasteiger partial charge in [-0.2, -0.15) is 0 Å². The lowest BCUT2D eigenvalue weighted by Crippen LogP contribution is -2.35. The number of hydrogen-bond acceptors (Lipinski definition) is 4. The molecule has 1 fully saturated rings. The highest BCUT2D eigenvalue weighted by Crippen LogP contribution is 2.23. The van der Waals surface area contributed by atoms with Gasteiger partial charge in [-0.1, -0.05) is 17.7 Å². The minimum Gasteiger partial charge on any atom is -0.478 e. The average molecular weight is 375 g/mol. The summed E-state index contributed by atoms with van der Waals surface area (Å²) in [4.78, 5) is 25.4. The Hall–Kier alpha value is -2.41. The number of carboxylic acids is 1. The van der Waals surface area contributed by atoms with Gasteiger partial charge in [0.05, 0.1) is 18.8 Å². The van der Waals surface area contributed by atoms with Crippen molar-refractivity contribution < 1.29 is 19.4 Å². The monoisotopic (exact) mass is 374 g/mol. The number of carboxylic acid groups (broad SMARTS) is 1. The number of hydrogen-bond donors (Lipinski definition) is 2. The number of carbonyl (C=O) groups excluding carboxylic acids is 1. The van der Waals surface area contributed by atoms with Crippen molar-refractivity contribution in [2.45, 2.75) is 6.54 Å². The van der Waals surface area contributed by atoms with Gasteiger partial charge in [-0.25, -0.2) is 4.79 Å². The van der Waals surface area contributed by atoms with Crippen LogP contribution in [-0.2, 0) is 11.3 Å². The number of aromatic carboxylic acids is 1. The topological polar surface area (TPSA) is 78.9 Å². The third kappa shape index (κ3) is 4.60. The number of carbonyl (C=O) groups is 2. The molecule has 1 saturated heterocycles. The predicted molar refractivity (Wildman–Crippen MR) is 98.9 cm³/mol. The maximum absolute atomic E-state index is 12.3. The van der Waals surface area contributed by atoms with Crippen molar-refractivity contribution in [1.82, 2.24) is 4.90 Å². The average Bonchev–Trinajstić information content (AvgIpc) is 2.65. The first-order valence-electron chi connectivity index (χ1n) is 8.26. The third-order valence-electron chi connectivity index (χ3n) is 4.20. The summed E-state index contributed by atoms with van der Waals surface area (Å²) in [5.41, 5.74) is 2.10. The molecule has 2 N–H and O–H groups in total. The summed E-state index contributed by atoms with van der Waals surface area (Å²) in [7, 11) is 0. The first-order valence-corrected chi connectivity index (χ1v) is 8.64. The molecule has 7 heteroatoms. The highest BCUT2D eigenvalue weighted by molar-refractivity contribution is 6.31. The van der Waals surface area contributed by atoms with Crippen LogP contribution in [-0.4, -0.2) is 48.2 Å². The molecule has 0 bridgehead atoms. The first-order chi connectivity index (χ1) is 12.5. The maximum Gasteiger partial charge on any atom is 0.335 e. The van der Waals surface area contributed by atoms with Gasteiger partial charge in [-0.15, -0.1) is 0 Å². The SMILES string of the molecule is O=C(O)c1ccc(C(=O)Nc2ccc(CN3CCOCC3)c(Cl)c2)cc1. The van der Waals surface area contributed by atoms with Crippen LogP contribution in [0.25, 0.3) is 0 Å². The molecule has 1 heterocycles. The Morgan fingerprint density at radius 2 is 1.73 bits per heavy atom. The van der Waals surface area contributed by atoms with Crippen molar-refractivity contribution in [2.24, 2.45) is 0 Å². The normalized spacial score (nSPS) is 14.8. The van der Waals surface area contributed by atoms with Gasteiger partial charge in [-0.3, -0.25) is 9.69 Å². The second-order valence-electron chi connectivity index (χ2n) is 6.03. The van der Waals surface area contributed by atoms with Crippen molar-refractivity contribution >= 4 is 29.2 Å². The van der Waals surface area contributed by atoms with E-state index in [1.165, 1.54) is 24.3 Å². The molecule has 0 radical (unpaired) electrons. The highest BCUT2D eigenvalue weighted by atomic mass is 35.5. The number of rotatable bonds is 5. The van der Waals surface area contributed by atoms with Gasteiger partial charge in [0.15, 0.2) is 0 Å². The van der Waals surface area contributed by atoms with Gasteiger partial charge in [0.1, 0.15) is 0 Å². The van der Waals surface area contributed by atoms with E-state index in [0.717, 1.165) is 38.4 Å². The second kappa shape index (κ2) is 8.31. The van der Waals surface area contributed by atoms with Crippen LogP contribution in [0.15, 0.2) is 42.5 Å². The number of ether oxygens (including phenoxy) is 1. The molecule has 1 amide bonds. The van der Waals surface area contributed by atoms with E-state index in [4.69, 9.17) is 21.4 Å². The molecule has 0 aliphatic carbocycles. The van der Waals surface area contributed by atoms with Crippen molar-refractivity contribution in [3.63, 3.8) is 0 Å². The number of nitrogens with zero attached hydrogens (tertiary/aromatic N) is 1. The van der Waals surface area contributed by atoms with E-state index in [0.29, 0.717) is 16.3 Å². The van der Waals surface area contributed by atoms with Crippen LogP contribution in [0.1, 0.15) is 26.3 Å². The molecule has 1 aliphatic rings. The Kier molecular flexibility index (Phi) is 5.88. The fourth-order valence-corrected chi connectivity index (χ4v) is 2.96. The lowest BCUT2D eigenvalue weighted by molar-refractivity contribution is 0.0342. The minimum atomic E-state index is -1.03. The summed E-state index contributed by atoms with van der Waals surface area (Å²) in [6.07, 6.45) is 0. The molecule has 6 nitrogen and oxygen atoms in total. The van der Waals surface area contributed by atoms with Crippen molar-refractivity contribution in [2.75, 3.05) is 31.6 Å². The summed E-state index contributed by atoms with van der Waals surface area (Å²) >= 11 is 6.36. The van der Waals surface area contributed by atoms with Crippen LogP contribution in [0, 0.1) is 0 Å². The van der Waals surface area contributed by atoms with E-state index in [1.807, 2.05) is 12.1 Å². The van der Waals surface area contributed by atoms with Gasteiger partial charge in [0.25, 0.3) is 5.91 Å². The lowest BCUT2D eigenvalue weighted by atomic mass is 10.1. The largest absolute Gasteiger partial charge is 0.478 e. The molecule has 0 unspecified atom stereocenters. The molecule has 2 aromatic carbocycles. The van der Waals surface area contributed by atoms with Gasteiger partial charge >= 0.3 is 5.97 Å². The number of amides is 1. The van der Waals surface area contributed by atoms with Crippen LogP contribution in [0.3, 0.4) is 0 Å². The Morgan fingerprint density at radius 3 is 2.35 bits per heavy atom. The standard InChI is InChI=1S/C19H19ClN2O4/c20-17-11-16(6-5-15(17)12-22-7-9-26-10-8-22)21-18(23)13-1-3-14(4-2-13)19(24)25/h1-6,11H,7-10,12H2,(H,21,23)(H,24,25). The second-order valence-corrected chi connectivity index (χ2v) is 6.44. The van der Waals surface area contributed by atoms with Crippen LogP contribution < -0.4 is 5.32 Å². The van der Waals surface area contributed by atoms with Crippen molar-refractivity contribution in [1.29, 1.82) is 0 Å². The lowest BCUT2D eigenvalue weighted by Gasteiger charge is -2.27. The number of benzene rings is 2. The van der Waals surface area contributed by atoms with Crippen molar-refractivity contribution in [3.05, 3.63) is 64.2 Å². The first kappa shape index (κ1) is 18.4. The number of morpholine rings is 1. The summed E-state index contributed by atoms with van der Waals surface area (Å²) in [5.74, 6) is -1.35. The molecule has 2 aromatic rings. The van der Waals surface area contributed by atoms with E-state index in [2.05, 4.69) is 10.2 Å². The third-order valence-corrected chi connectivity index (χ3v) is 4.55. The predicted octanol–water partition coefficient (Wildman–Crippen LogP) is 3.12.